The molecule has 2 atom stereocenters. The zero-order valence-corrected chi connectivity index (χ0v) is 10.3. The summed E-state index contributed by atoms with van der Waals surface area (Å²) < 4.78 is 1.03. The van der Waals surface area contributed by atoms with Crippen LogP contribution in [0.1, 0.15) is 29.3 Å². The van der Waals surface area contributed by atoms with Crippen LogP contribution in [0.2, 0.25) is 0 Å². The first-order valence-electron chi connectivity index (χ1n) is 5.21. The molecule has 2 rings (SSSR count). The van der Waals surface area contributed by atoms with Crippen LogP contribution in [-0.2, 0) is 6.42 Å². The SMILES string of the molecule is CCC(N)C1Cc2cc(Br)ccc2C1=O. The van der Waals surface area contributed by atoms with Crippen molar-refractivity contribution in [2.75, 3.05) is 0 Å². The lowest BCUT2D eigenvalue weighted by molar-refractivity contribution is 0.0918. The second-order valence-electron chi connectivity index (χ2n) is 4.05. The van der Waals surface area contributed by atoms with Gasteiger partial charge in [-0.15, -0.1) is 0 Å². The van der Waals surface area contributed by atoms with Crippen LogP contribution in [0.3, 0.4) is 0 Å². The van der Waals surface area contributed by atoms with Crippen LogP contribution in [0.4, 0.5) is 0 Å². The molecular weight excluding hydrogens is 254 g/mol. The highest BCUT2D eigenvalue weighted by molar-refractivity contribution is 9.10. The van der Waals surface area contributed by atoms with Crippen molar-refractivity contribution in [2.45, 2.75) is 25.8 Å². The predicted molar refractivity (Wildman–Crippen MR) is 63.9 cm³/mol. The van der Waals surface area contributed by atoms with Gasteiger partial charge in [-0.25, -0.2) is 0 Å². The predicted octanol–water partition coefficient (Wildman–Crippen LogP) is 2.54. The molecule has 1 aliphatic rings. The highest BCUT2D eigenvalue weighted by Crippen LogP contribution is 2.31. The molecule has 0 saturated carbocycles. The molecule has 3 heteroatoms. The maximum Gasteiger partial charge on any atom is 0.168 e. The molecule has 0 heterocycles. The van der Waals surface area contributed by atoms with Gasteiger partial charge in [0.1, 0.15) is 0 Å². The zero-order chi connectivity index (χ0) is 11.0. The second kappa shape index (κ2) is 4.06. The van der Waals surface area contributed by atoms with Gasteiger partial charge in [-0.1, -0.05) is 28.9 Å². The molecule has 1 aromatic rings. The molecule has 0 bridgehead atoms. The number of fused-ring (bicyclic) bond motifs is 1. The summed E-state index contributed by atoms with van der Waals surface area (Å²) >= 11 is 3.42. The third kappa shape index (κ3) is 1.86. The molecule has 15 heavy (non-hydrogen) atoms. The molecule has 1 aromatic carbocycles. The standard InChI is InChI=1S/C12H14BrNO/c1-2-11(14)10-6-7-5-8(13)3-4-9(7)12(10)15/h3-5,10-11H,2,6,14H2,1H3. The molecule has 0 spiro atoms. The lowest BCUT2D eigenvalue weighted by atomic mass is 9.94. The highest BCUT2D eigenvalue weighted by atomic mass is 79.9. The van der Waals surface area contributed by atoms with E-state index in [4.69, 9.17) is 5.73 Å². The molecule has 80 valence electrons. The van der Waals surface area contributed by atoms with Crippen molar-refractivity contribution in [3.63, 3.8) is 0 Å². The Kier molecular flexibility index (Phi) is 2.94. The third-order valence-electron chi connectivity index (χ3n) is 3.10. The molecule has 2 unspecified atom stereocenters. The summed E-state index contributed by atoms with van der Waals surface area (Å²) in [5.74, 6) is 0.200. The fourth-order valence-electron chi connectivity index (χ4n) is 2.13. The largest absolute Gasteiger partial charge is 0.327 e. The van der Waals surface area contributed by atoms with E-state index in [0.29, 0.717) is 0 Å². The molecule has 2 nitrogen and oxygen atoms in total. The number of carbonyl (C=O) groups is 1. The van der Waals surface area contributed by atoms with Gasteiger partial charge in [0, 0.05) is 22.0 Å². The van der Waals surface area contributed by atoms with Crippen LogP contribution < -0.4 is 5.73 Å². The van der Waals surface area contributed by atoms with Gasteiger partial charge >= 0.3 is 0 Å². The van der Waals surface area contributed by atoms with Gasteiger partial charge in [0.25, 0.3) is 0 Å². The summed E-state index contributed by atoms with van der Waals surface area (Å²) in [5, 5.41) is 0. The first-order chi connectivity index (χ1) is 7.13. The van der Waals surface area contributed by atoms with Gasteiger partial charge in [-0.2, -0.15) is 0 Å². The second-order valence-corrected chi connectivity index (χ2v) is 4.96. The number of rotatable bonds is 2. The van der Waals surface area contributed by atoms with Gasteiger partial charge in [0.15, 0.2) is 5.78 Å². The summed E-state index contributed by atoms with van der Waals surface area (Å²) in [6, 6.07) is 5.82. The van der Waals surface area contributed by atoms with E-state index in [1.807, 2.05) is 25.1 Å². The molecule has 0 fully saturated rings. The Labute approximate surface area is 98.0 Å². The van der Waals surface area contributed by atoms with Crippen molar-refractivity contribution in [3.05, 3.63) is 33.8 Å². The molecule has 0 aromatic heterocycles. The summed E-state index contributed by atoms with van der Waals surface area (Å²) in [6.45, 7) is 2.02. The maximum atomic E-state index is 12.0. The molecule has 0 amide bonds. The number of hydrogen-bond donors (Lipinski definition) is 1. The Morgan fingerprint density at radius 2 is 2.33 bits per heavy atom. The van der Waals surface area contributed by atoms with Crippen molar-refractivity contribution >= 4 is 21.7 Å². The Bertz CT molecular complexity index is 403. The molecule has 0 radical (unpaired) electrons. The number of carbonyl (C=O) groups excluding carboxylic acids is 1. The average molecular weight is 268 g/mol. The van der Waals surface area contributed by atoms with Crippen LogP contribution in [-0.4, -0.2) is 11.8 Å². The summed E-state index contributed by atoms with van der Waals surface area (Å²) in [7, 11) is 0. The van der Waals surface area contributed by atoms with E-state index in [9.17, 15) is 4.79 Å². The third-order valence-corrected chi connectivity index (χ3v) is 3.59. The first kappa shape index (κ1) is 10.8. The van der Waals surface area contributed by atoms with Gasteiger partial charge in [0.05, 0.1) is 0 Å². The van der Waals surface area contributed by atoms with E-state index < -0.39 is 0 Å². The molecular formula is C12H14BrNO. The minimum Gasteiger partial charge on any atom is -0.327 e. The fourth-order valence-corrected chi connectivity index (χ4v) is 2.54. The topological polar surface area (TPSA) is 43.1 Å². The van der Waals surface area contributed by atoms with Crippen LogP contribution in [0.25, 0.3) is 0 Å². The lowest BCUT2D eigenvalue weighted by Crippen LogP contribution is -2.33. The van der Waals surface area contributed by atoms with E-state index >= 15 is 0 Å². The number of hydrogen-bond acceptors (Lipinski definition) is 2. The van der Waals surface area contributed by atoms with Gasteiger partial charge in [0.2, 0.25) is 0 Å². The minimum absolute atomic E-state index is 0.0105. The van der Waals surface area contributed by atoms with Crippen LogP contribution >= 0.6 is 15.9 Å². The monoisotopic (exact) mass is 267 g/mol. The average Bonchev–Trinajstić information content (AvgIpc) is 2.54. The minimum atomic E-state index is -0.0145. The summed E-state index contributed by atoms with van der Waals surface area (Å²) in [5.41, 5.74) is 7.94. The molecule has 1 aliphatic carbocycles. The Hall–Kier alpha value is -0.670. The zero-order valence-electron chi connectivity index (χ0n) is 8.66. The van der Waals surface area contributed by atoms with E-state index in [-0.39, 0.29) is 17.7 Å². The van der Waals surface area contributed by atoms with E-state index in [1.165, 1.54) is 0 Å². The van der Waals surface area contributed by atoms with Crippen molar-refractivity contribution in [2.24, 2.45) is 11.7 Å². The van der Waals surface area contributed by atoms with E-state index in [2.05, 4.69) is 15.9 Å². The first-order valence-corrected chi connectivity index (χ1v) is 6.01. The Balaban J connectivity index is 2.33. The van der Waals surface area contributed by atoms with E-state index in [0.717, 1.165) is 28.4 Å². The maximum absolute atomic E-state index is 12.0. The number of nitrogens with two attached hydrogens (primary N) is 1. The number of benzene rings is 1. The normalized spacial score (nSPS) is 21.5. The smallest absolute Gasteiger partial charge is 0.168 e. The quantitative estimate of drug-likeness (QED) is 0.895. The van der Waals surface area contributed by atoms with Gasteiger partial charge in [-0.3, -0.25) is 4.79 Å². The Morgan fingerprint density at radius 1 is 1.60 bits per heavy atom. The van der Waals surface area contributed by atoms with Gasteiger partial charge < -0.3 is 5.73 Å². The van der Waals surface area contributed by atoms with Crippen LogP contribution in [0, 0.1) is 5.92 Å². The number of halogens is 1. The van der Waals surface area contributed by atoms with Crippen molar-refractivity contribution in [3.8, 4) is 0 Å². The highest BCUT2D eigenvalue weighted by Gasteiger charge is 2.33. The molecule has 2 N–H and O–H groups in total. The van der Waals surface area contributed by atoms with Crippen molar-refractivity contribution < 1.29 is 4.79 Å². The van der Waals surface area contributed by atoms with Crippen molar-refractivity contribution in [1.29, 1.82) is 0 Å². The van der Waals surface area contributed by atoms with Crippen molar-refractivity contribution in [1.82, 2.24) is 0 Å². The van der Waals surface area contributed by atoms with E-state index in [1.54, 1.807) is 0 Å². The Morgan fingerprint density at radius 3 is 3.00 bits per heavy atom. The van der Waals surface area contributed by atoms with Gasteiger partial charge in [-0.05, 0) is 30.5 Å². The molecule has 0 aliphatic heterocycles. The lowest BCUT2D eigenvalue weighted by Gasteiger charge is -2.14. The molecule has 0 saturated heterocycles. The van der Waals surface area contributed by atoms with Crippen LogP contribution in [0.15, 0.2) is 22.7 Å². The summed E-state index contributed by atoms with van der Waals surface area (Å²) in [6.07, 6.45) is 1.65. The fraction of sp³-hybridized carbons (Fsp3) is 0.417. The number of Topliss-reactive ketones (excluding diaryl/α,β-unsaturated/α-hetero) is 1. The van der Waals surface area contributed by atoms with Crippen LogP contribution in [0.5, 0.6) is 0 Å². The number of ketones is 1. The summed E-state index contributed by atoms with van der Waals surface area (Å²) in [4.78, 5) is 12.0.